The largest absolute Gasteiger partial charge is 0.497 e. The number of nitrogens with one attached hydrogen (secondary N) is 3. The van der Waals surface area contributed by atoms with E-state index in [9.17, 15) is 31.6 Å². The summed E-state index contributed by atoms with van der Waals surface area (Å²) in [4.78, 5) is 69.0. The molecule has 8 atom stereocenters. The van der Waals surface area contributed by atoms with Crippen molar-refractivity contribution in [2.24, 2.45) is 23.2 Å². The number of aryl methyl sites for hydroxylation is 1. The number of rotatable bonds is 9. The molecule has 5 aliphatic rings. The van der Waals surface area contributed by atoms with Crippen molar-refractivity contribution in [2.75, 3.05) is 13.7 Å². The van der Waals surface area contributed by atoms with Crippen molar-refractivity contribution in [2.45, 2.75) is 166 Å². The van der Waals surface area contributed by atoms with E-state index in [2.05, 4.69) is 15.4 Å². The van der Waals surface area contributed by atoms with Gasteiger partial charge in [-0.25, -0.2) is 32.0 Å². The van der Waals surface area contributed by atoms with Gasteiger partial charge < -0.3 is 29.7 Å². The minimum absolute atomic E-state index is 0.117. The minimum atomic E-state index is -4.20. The molecule has 3 heterocycles. The first-order chi connectivity index (χ1) is 29.1. The van der Waals surface area contributed by atoms with Crippen molar-refractivity contribution in [3.05, 3.63) is 23.9 Å². The number of carbonyl (C=O) groups is 4. The molecule has 4 fully saturated rings. The average Bonchev–Trinajstić information content (AvgIpc) is 4.03. The van der Waals surface area contributed by atoms with Gasteiger partial charge in [-0.05, 0) is 107 Å². The Morgan fingerprint density at radius 3 is 2.44 bits per heavy atom. The number of hydrogen-bond acceptors (Lipinski definition) is 11. The van der Waals surface area contributed by atoms with E-state index in [-0.39, 0.29) is 31.2 Å². The Balaban J connectivity index is 1.29. The number of amides is 4. The Bertz CT molecular complexity index is 2180. The molecule has 342 valence electrons. The monoisotopic (exact) mass is 888 g/mol. The average molecular weight is 889 g/mol. The quantitative estimate of drug-likeness (QED) is 0.269. The van der Waals surface area contributed by atoms with Gasteiger partial charge in [0.05, 0.1) is 29.4 Å². The summed E-state index contributed by atoms with van der Waals surface area (Å²) in [5, 5.41) is 5.55. The van der Waals surface area contributed by atoms with Crippen molar-refractivity contribution in [1.82, 2.24) is 30.2 Å². The maximum Gasteiger partial charge on any atom is 0.408 e. The van der Waals surface area contributed by atoms with Crippen LogP contribution in [0, 0.1) is 23.2 Å². The number of aromatic nitrogens is 2. The fourth-order valence-electron chi connectivity index (χ4n) is 9.85. The summed E-state index contributed by atoms with van der Waals surface area (Å²) < 4.78 is 73.5. The number of benzene rings is 1. The van der Waals surface area contributed by atoms with Crippen LogP contribution < -0.4 is 24.8 Å². The summed E-state index contributed by atoms with van der Waals surface area (Å²) in [5.74, 6) is -3.46. The third kappa shape index (κ3) is 9.03. The molecule has 0 radical (unpaired) electrons. The molecule has 0 spiro atoms. The smallest absolute Gasteiger partial charge is 0.408 e. The van der Waals surface area contributed by atoms with E-state index in [0.717, 1.165) is 38.5 Å². The van der Waals surface area contributed by atoms with Gasteiger partial charge in [-0.15, -0.1) is 0 Å². The minimum Gasteiger partial charge on any atom is -0.497 e. The molecule has 15 nitrogen and oxygen atoms in total. The lowest BCUT2D eigenvalue weighted by atomic mass is 9.85. The van der Waals surface area contributed by atoms with Gasteiger partial charge in [0.1, 0.15) is 40.8 Å². The molecule has 1 aromatic carbocycles. The molecular formula is C44H62F2N6O9S. The molecule has 1 aromatic heterocycles. The van der Waals surface area contributed by atoms with E-state index < -0.39 is 98.0 Å². The first kappa shape index (κ1) is 45.7. The Morgan fingerprint density at radius 1 is 1.05 bits per heavy atom. The Kier molecular flexibility index (Phi) is 12.5. The van der Waals surface area contributed by atoms with Crippen LogP contribution in [-0.2, 0) is 35.6 Å². The zero-order chi connectivity index (χ0) is 45.0. The van der Waals surface area contributed by atoms with E-state index in [1.54, 1.807) is 40.0 Å². The van der Waals surface area contributed by atoms with Gasteiger partial charge in [0.2, 0.25) is 34.1 Å². The highest BCUT2D eigenvalue weighted by atomic mass is 32.2. The molecule has 18 heteroatoms. The SMILES string of the molecule is CC[C@@H]1[C@@H]2CN(C(=O)[C@H](C(C)(C)C)NC(=O)O[C@]3(C)CCC[C@H]3CCCCCc3nc4ccc(OC)cc4nc3O2)[C@@H]1C(=O)N[C@]1(C(=O)NS(=O)(=O)C2(C)CC2)C[C@H]1CC(F)F. The van der Waals surface area contributed by atoms with Crippen molar-refractivity contribution in [1.29, 1.82) is 0 Å². The predicted octanol–water partition coefficient (Wildman–Crippen LogP) is 5.97. The van der Waals surface area contributed by atoms with Gasteiger partial charge in [-0.2, -0.15) is 0 Å². The molecule has 3 aliphatic carbocycles. The topological polar surface area (TPSA) is 195 Å². The van der Waals surface area contributed by atoms with E-state index in [1.807, 2.05) is 19.9 Å². The fraction of sp³-hybridized carbons (Fsp3) is 0.727. The Labute approximate surface area is 362 Å². The maximum absolute atomic E-state index is 15.1. The van der Waals surface area contributed by atoms with Crippen LogP contribution in [0.4, 0.5) is 13.6 Å². The van der Waals surface area contributed by atoms with Crippen LogP contribution in [-0.4, -0.2) is 101 Å². The molecule has 2 aliphatic heterocycles. The zero-order valence-electron chi connectivity index (χ0n) is 36.9. The molecule has 2 aromatic rings. The number of hydrogen-bond donors (Lipinski definition) is 3. The van der Waals surface area contributed by atoms with Crippen molar-refractivity contribution in [3.63, 3.8) is 0 Å². The van der Waals surface area contributed by atoms with Crippen LogP contribution in [0.15, 0.2) is 18.2 Å². The number of alkyl halides is 2. The Morgan fingerprint density at radius 2 is 1.77 bits per heavy atom. The number of ether oxygens (including phenoxy) is 3. The standard InChI is InChI=1S/C44H62F2N6O9S/c1-8-28-32-24-52(34(28)36(53)50-44(23-26(44)21-33(45)46)39(55)51-62(57,58)42(5)19-20-42)38(54)35(41(2,3)4)49-40(56)61-43(6)18-12-14-25(43)13-10-9-11-15-30-37(60-32)48-31-22-27(59-7)16-17-29(31)47-30/h16-17,22,25-26,28,32-35H,8-15,18-21,23-24H2,1-7H3,(H,49,56)(H,50,53)(H,51,55)/t25-,26-,28-,32+,34+,35-,43-,44-/m1/s1. The second-order valence-corrected chi connectivity index (χ2v) is 21.9. The van der Waals surface area contributed by atoms with E-state index >= 15 is 4.79 Å². The van der Waals surface area contributed by atoms with Crippen molar-refractivity contribution < 1.29 is 50.6 Å². The molecular weight excluding hydrogens is 827 g/mol. The number of alkyl carbamates (subject to hydrolysis) is 1. The Hall–Kier alpha value is -4.35. The number of carbonyl (C=O) groups excluding carboxylic acids is 4. The number of nitrogens with zero attached hydrogens (tertiary/aromatic N) is 3. The molecule has 3 saturated carbocycles. The summed E-state index contributed by atoms with van der Waals surface area (Å²) in [6.45, 7) is 10.4. The van der Waals surface area contributed by atoms with E-state index in [1.165, 1.54) is 11.8 Å². The number of sulfonamides is 1. The lowest BCUT2D eigenvalue weighted by Crippen LogP contribution is -2.61. The fourth-order valence-corrected chi connectivity index (χ4v) is 11.2. The number of halogens is 2. The third-order valence-electron chi connectivity index (χ3n) is 14.2. The molecule has 2 bridgehead atoms. The summed E-state index contributed by atoms with van der Waals surface area (Å²) in [6, 6.07) is 2.81. The van der Waals surface area contributed by atoms with Gasteiger partial charge in [-0.1, -0.05) is 40.5 Å². The first-order valence-corrected chi connectivity index (χ1v) is 23.6. The third-order valence-corrected chi connectivity index (χ3v) is 16.4. The highest BCUT2D eigenvalue weighted by Gasteiger charge is 2.65. The van der Waals surface area contributed by atoms with E-state index in [0.29, 0.717) is 48.2 Å². The summed E-state index contributed by atoms with van der Waals surface area (Å²) in [7, 11) is -2.65. The first-order valence-electron chi connectivity index (χ1n) is 22.1. The van der Waals surface area contributed by atoms with E-state index in [4.69, 9.17) is 24.2 Å². The van der Waals surface area contributed by atoms with Crippen LogP contribution >= 0.6 is 0 Å². The van der Waals surface area contributed by atoms with Crippen molar-refractivity contribution >= 4 is 44.9 Å². The van der Waals surface area contributed by atoms with Crippen molar-refractivity contribution in [3.8, 4) is 11.6 Å². The van der Waals surface area contributed by atoms with Gasteiger partial charge in [0, 0.05) is 18.4 Å². The van der Waals surface area contributed by atoms with Crippen LogP contribution in [0.2, 0.25) is 0 Å². The number of methoxy groups -OCH3 is 1. The van der Waals surface area contributed by atoms with Gasteiger partial charge in [-0.3, -0.25) is 19.1 Å². The molecule has 4 amide bonds. The molecule has 1 saturated heterocycles. The lowest BCUT2D eigenvalue weighted by molar-refractivity contribution is -0.144. The summed E-state index contributed by atoms with van der Waals surface area (Å²) in [6.07, 6.45) is 1.86. The predicted molar refractivity (Wildman–Crippen MR) is 225 cm³/mol. The van der Waals surface area contributed by atoms with Crippen LogP contribution in [0.25, 0.3) is 11.0 Å². The highest BCUT2D eigenvalue weighted by molar-refractivity contribution is 7.91. The normalized spacial score (nSPS) is 31.4. The zero-order valence-corrected chi connectivity index (χ0v) is 37.7. The molecule has 7 rings (SSSR count). The van der Waals surface area contributed by atoms with Crippen LogP contribution in [0.3, 0.4) is 0 Å². The molecule has 0 unspecified atom stereocenters. The number of fused-ring (bicyclic) bond motifs is 5. The maximum atomic E-state index is 15.1. The van der Waals surface area contributed by atoms with Gasteiger partial charge in [0.25, 0.3) is 5.91 Å². The summed E-state index contributed by atoms with van der Waals surface area (Å²) in [5.41, 5.74) is -1.88. The van der Waals surface area contributed by atoms with Gasteiger partial charge in [0.15, 0.2) is 0 Å². The molecule has 3 N–H and O–H groups in total. The second kappa shape index (κ2) is 17.0. The summed E-state index contributed by atoms with van der Waals surface area (Å²) >= 11 is 0. The highest BCUT2D eigenvalue weighted by Crippen LogP contribution is 2.50. The van der Waals surface area contributed by atoms with Gasteiger partial charge >= 0.3 is 6.09 Å². The van der Waals surface area contributed by atoms with Crippen LogP contribution in [0.5, 0.6) is 11.6 Å². The lowest BCUT2D eigenvalue weighted by Gasteiger charge is -2.37. The molecule has 62 heavy (non-hydrogen) atoms. The van der Waals surface area contributed by atoms with Crippen LogP contribution in [0.1, 0.15) is 124 Å². The second-order valence-electron chi connectivity index (χ2n) is 19.7.